The second-order valence-corrected chi connectivity index (χ2v) is 7.62. The molecule has 1 aromatic heterocycles. The molecule has 0 saturated carbocycles. The fourth-order valence-electron chi connectivity index (χ4n) is 4.28. The van der Waals surface area contributed by atoms with Crippen molar-refractivity contribution in [3.63, 3.8) is 0 Å². The number of carbonyl (C=O) groups is 1. The summed E-state index contributed by atoms with van der Waals surface area (Å²) in [7, 11) is 0. The van der Waals surface area contributed by atoms with Gasteiger partial charge in [0.2, 0.25) is 5.95 Å². The summed E-state index contributed by atoms with van der Waals surface area (Å²) in [5.74, 6) is -0.797. The summed E-state index contributed by atoms with van der Waals surface area (Å²) >= 11 is 0. The first-order chi connectivity index (χ1) is 14.7. The van der Waals surface area contributed by atoms with Gasteiger partial charge in [-0.3, -0.25) is 4.79 Å². The van der Waals surface area contributed by atoms with Gasteiger partial charge in [0.25, 0.3) is 0 Å². The maximum absolute atomic E-state index is 12.0. The summed E-state index contributed by atoms with van der Waals surface area (Å²) in [4.78, 5) is 23.7. The van der Waals surface area contributed by atoms with E-state index in [-0.39, 0.29) is 5.92 Å². The molecule has 5 nitrogen and oxygen atoms in total. The molecule has 2 heterocycles. The minimum atomic E-state index is -0.782. The van der Waals surface area contributed by atoms with Gasteiger partial charge in [-0.15, -0.1) is 0 Å². The molecule has 2 unspecified atom stereocenters. The standard InChI is InChI=1S/C25H21N3O2/c29-24(30)21-16-28(15-20(21)17-9-3-1-4-10-17)25-26-22-14-8-7-13-19(22)23(27-25)18-11-5-2-6-12-18/h1-14,20-21H,15-16H2,(H,29,30). The third kappa shape index (κ3) is 3.28. The lowest BCUT2D eigenvalue weighted by Crippen LogP contribution is -2.24. The van der Waals surface area contributed by atoms with Crippen molar-refractivity contribution in [2.75, 3.05) is 18.0 Å². The lowest BCUT2D eigenvalue weighted by molar-refractivity contribution is -0.141. The van der Waals surface area contributed by atoms with Gasteiger partial charge in [-0.25, -0.2) is 9.97 Å². The van der Waals surface area contributed by atoms with E-state index in [0.717, 1.165) is 27.7 Å². The number of carboxylic acid groups (broad SMARTS) is 1. The molecule has 5 heteroatoms. The molecule has 148 valence electrons. The van der Waals surface area contributed by atoms with Crippen LogP contribution in [0, 0.1) is 5.92 Å². The van der Waals surface area contributed by atoms with Crippen LogP contribution in [0.4, 0.5) is 5.95 Å². The fraction of sp³-hybridized carbons (Fsp3) is 0.160. The van der Waals surface area contributed by atoms with Gasteiger partial charge in [-0.1, -0.05) is 78.9 Å². The van der Waals surface area contributed by atoms with Gasteiger partial charge in [-0.2, -0.15) is 0 Å². The second-order valence-electron chi connectivity index (χ2n) is 7.62. The van der Waals surface area contributed by atoms with Crippen LogP contribution in [-0.4, -0.2) is 34.1 Å². The van der Waals surface area contributed by atoms with E-state index in [2.05, 4.69) is 0 Å². The average Bonchev–Trinajstić information content (AvgIpc) is 3.26. The molecular weight excluding hydrogens is 374 g/mol. The van der Waals surface area contributed by atoms with Crippen LogP contribution in [0.5, 0.6) is 0 Å². The Morgan fingerprint density at radius 2 is 1.50 bits per heavy atom. The van der Waals surface area contributed by atoms with Gasteiger partial charge in [-0.05, 0) is 11.6 Å². The Balaban J connectivity index is 1.59. The predicted octanol–water partition coefficient (Wildman–Crippen LogP) is 4.60. The first-order valence-corrected chi connectivity index (χ1v) is 10.1. The number of nitrogens with zero attached hydrogens (tertiary/aromatic N) is 3. The van der Waals surface area contributed by atoms with E-state index in [1.165, 1.54) is 0 Å². The SMILES string of the molecule is O=C(O)C1CN(c2nc(-c3ccccc3)c3ccccc3n2)CC1c1ccccc1. The van der Waals surface area contributed by atoms with Crippen LogP contribution in [0.2, 0.25) is 0 Å². The third-order valence-electron chi connectivity index (χ3n) is 5.79. The van der Waals surface area contributed by atoms with Crippen molar-refractivity contribution >= 4 is 22.8 Å². The molecule has 0 spiro atoms. The topological polar surface area (TPSA) is 66.3 Å². The van der Waals surface area contributed by atoms with Crippen LogP contribution < -0.4 is 4.90 Å². The number of carboxylic acids is 1. The fourth-order valence-corrected chi connectivity index (χ4v) is 4.28. The monoisotopic (exact) mass is 395 g/mol. The number of para-hydroxylation sites is 1. The Labute approximate surface area is 174 Å². The maximum Gasteiger partial charge on any atom is 0.308 e. The van der Waals surface area contributed by atoms with E-state index in [1.807, 2.05) is 89.8 Å². The van der Waals surface area contributed by atoms with E-state index in [0.29, 0.717) is 19.0 Å². The molecular formula is C25H21N3O2. The van der Waals surface area contributed by atoms with Crippen LogP contribution in [0.3, 0.4) is 0 Å². The molecule has 0 bridgehead atoms. The molecule has 1 N–H and O–H groups in total. The normalized spacial score (nSPS) is 18.6. The Morgan fingerprint density at radius 1 is 0.833 bits per heavy atom. The van der Waals surface area contributed by atoms with E-state index < -0.39 is 11.9 Å². The number of fused-ring (bicyclic) bond motifs is 1. The average molecular weight is 395 g/mol. The summed E-state index contributed by atoms with van der Waals surface area (Å²) in [5.41, 5.74) is 3.78. The van der Waals surface area contributed by atoms with Crippen molar-refractivity contribution in [1.29, 1.82) is 0 Å². The highest BCUT2D eigenvalue weighted by molar-refractivity contribution is 5.93. The Kier molecular flexibility index (Phi) is 4.64. The number of benzene rings is 3. The minimum absolute atomic E-state index is 0.0982. The predicted molar refractivity (Wildman–Crippen MR) is 117 cm³/mol. The molecule has 30 heavy (non-hydrogen) atoms. The van der Waals surface area contributed by atoms with Gasteiger partial charge in [0.15, 0.2) is 0 Å². The highest BCUT2D eigenvalue weighted by atomic mass is 16.4. The lowest BCUT2D eigenvalue weighted by Gasteiger charge is -2.18. The van der Waals surface area contributed by atoms with E-state index in [9.17, 15) is 9.90 Å². The van der Waals surface area contributed by atoms with E-state index in [4.69, 9.17) is 9.97 Å². The highest BCUT2D eigenvalue weighted by Crippen LogP contribution is 2.36. The number of aliphatic carboxylic acids is 1. The van der Waals surface area contributed by atoms with E-state index in [1.54, 1.807) is 0 Å². The zero-order valence-corrected chi connectivity index (χ0v) is 16.3. The van der Waals surface area contributed by atoms with Crippen LogP contribution in [-0.2, 0) is 4.79 Å². The summed E-state index contributed by atoms with van der Waals surface area (Å²) in [5, 5.41) is 10.8. The molecule has 0 aliphatic carbocycles. The first-order valence-electron chi connectivity index (χ1n) is 10.1. The van der Waals surface area contributed by atoms with Crippen molar-refractivity contribution < 1.29 is 9.90 Å². The van der Waals surface area contributed by atoms with Crippen LogP contribution in [0.1, 0.15) is 11.5 Å². The molecule has 5 rings (SSSR count). The Bertz CT molecular complexity index is 1190. The third-order valence-corrected chi connectivity index (χ3v) is 5.79. The van der Waals surface area contributed by atoms with Gasteiger partial charge in [0.1, 0.15) is 0 Å². The summed E-state index contributed by atoms with van der Waals surface area (Å²) in [6.07, 6.45) is 0. The van der Waals surface area contributed by atoms with Crippen molar-refractivity contribution in [2.24, 2.45) is 5.92 Å². The molecule has 0 amide bonds. The quantitative estimate of drug-likeness (QED) is 0.547. The van der Waals surface area contributed by atoms with Crippen molar-refractivity contribution in [3.05, 3.63) is 90.5 Å². The van der Waals surface area contributed by atoms with Crippen LogP contribution in [0.25, 0.3) is 22.2 Å². The summed E-state index contributed by atoms with van der Waals surface area (Å²) in [6, 6.07) is 27.9. The molecule has 1 fully saturated rings. The zero-order valence-electron chi connectivity index (χ0n) is 16.3. The summed E-state index contributed by atoms with van der Waals surface area (Å²) in [6.45, 7) is 0.967. The number of hydrogen-bond acceptors (Lipinski definition) is 4. The Morgan fingerprint density at radius 3 is 2.23 bits per heavy atom. The van der Waals surface area contributed by atoms with Crippen molar-refractivity contribution in [2.45, 2.75) is 5.92 Å². The van der Waals surface area contributed by atoms with Crippen LogP contribution >= 0.6 is 0 Å². The first kappa shape index (κ1) is 18.3. The zero-order chi connectivity index (χ0) is 20.5. The molecule has 2 atom stereocenters. The largest absolute Gasteiger partial charge is 0.481 e. The molecule has 1 aliphatic rings. The summed E-state index contributed by atoms with van der Waals surface area (Å²) < 4.78 is 0. The molecule has 4 aromatic rings. The van der Waals surface area contributed by atoms with E-state index >= 15 is 0 Å². The van der Waals surface area contributed by atoms with Crippen LogP contribution in [0.15, 0.2) is 84.9 Å². The van der Waals surface area contributed by atoms with Crippen molar-refractivity contribution in [1.82, 2.24) is 9.97 Å². The smallest absolute Gasteiger partial charge is 0.308 e. The van der Waals surface area contributed by atoms with Gasteiger partial charge in [0, 0.05) is 30.0 Å². The lowest BCUT2D eigenvalue weighted by atomic mass is 9.89. The van der Waals surface area contributed by atoms with Crippen molar-refractivity contribution in [3.8, 4) is 11.3 Å². The maximum atomic E-state index is 12.0. The van der Waals surface area contributed by atoms with Gasteiger partial charge in [0.05, 0.1) is 17.1 Å². The molecule has 3 aromatic carbocycles. The van der Waals surface area contributed by atoms with Gasteiger partial charge < -0.3 is 10.0 Å². The number of hydrogen-bond donors (Lipinski definition) is 1. The number of aromatic nitrogens is 2. The Hall–Kier alpha value is -3.73. The highest BCUT2D eigenvalue weighted by Gasteiger charge is 2.39. The number of anilines is 1. The molecule has 0 radical (unpaired) electrons. The number of rotatable bonds is 4. The molecule has 1 aliphatic heterocycles. The second kappa shape index (κ2) is 7.59. The minimum Gasteiger partial charge on any atom is -0.481 e. The van der Waals surface area contributed by atoms with Gasteiger partial charge >= 0.3 is 5.97 Å². The molecule has 1 saturated heterocycles.